The molecule has 21 heavy (non-hydrogen) atoms. The van der Waals surface area contributed by atoms with Crippen LogP contribution in [0.1, 0.15) is 25.0 Å². The van der Waals surface area contributed by atoms with Gasteiger partial charge in [-0.25, -0.2) is 13.1 Å². The lowest BCUT2D eigenvalue weighted by atomic mass is 9.93. The minimum absolute atomic E-state index is 0.136. The van der Waals surface area contributed by atoms with Gasteiger partial charge in [0.15, 0.2) is 0 Å². The molecule has 0 atom stereocenters. The van der Waals surface area contributed by atoms with Crippen LogP contribution in [0.2, 0.25) is 0 Å². The van der Waals surface area contributed by atoms with Gasteiger partial charge in [0.05, 0.1) is 4.90 Å². The molecule has 5 nitrogen and oxygen atoms in total. The Hall–Kier alpha value is -0.950. The zero-order valence-corrected chi connectivity index (χ0v) is 14.4. The molecule has 0 aliphatic rings. The average molecular weight is 313 g/mol. The Kier molecular flexibility index (Phi) is 5.92. The third kappa shape index (κ3) is 5.39. The number of nitrogens with one attached hydrogen (secondary N) is 1. The molecule has 1 aromatic carbocycles. The lowest BCUT2D eigenvalue weighted by molar-refractivity contribution is 0.242. The highest BCUT2D eigenvalue weighted by Gasteiger charge is 2.23. The van der Waals surface area contributed by atoms with Gasteiger partial charge in [-0.2, -0.15) is 0 Å². The molecular formula is C15H27N3O2S. The van der Waals surface area contributed by atoms with E-state index in [2.05, 4.69) is 9.62 Å². The van der Waals surface area contributed by atoms with Gasteiger partial charge in [0.2, 0.25) is 10.0 Å². The number of benzene rings is 1. The minimum atomic E-state index is -3.49. The smallest absolute Gasteiger partial charge is 0.240 e. The molecule has 3 N–H and O–H groups in total. The summed E-state index contributed by atoms with van der Waals surface area (Å²) in [6, 6.07) is 5.05. The van der Waals surface area contributed by atoms with Crippen LogP contribution in [0.25, 0.3) is 0 Å². The molecule has 0 aromatic heterocycles. The van der Waals surface area contributed by atoms with Gasteiger partial charge >= 0.3 is 0 Å². The van der Waals surface area contributed by atoms with Crippen LogP contribution in [0.15, 0.2) is 23.1 Å². The number of hydrogen-bond acceptors (Lipinski definition) is 4. The van der Waals surface area contributed by atoms with E-state index in [1.54, 1.807) is 18.2 Å². The molecule has 0 amide bonds. The van der Waals surface area contributed by atoms with Crippen LogP contribution >= 0.6 is 0 Å². The lowest BCUT2D eigenvalue weighted by Crippen LogP contribution is -2.39. The normalized spacial score (nSPS) is 12.9. The van der Waals surface area contributed by atoms with Gasteiger partial charge in [-0.15, -0.1) is 0 Å². The van der Waals surface area contributed by atoms with E-state index in [0.717, 1.165) is 17.7 Å². The third-order valence-corrected chi connectivity index (χ3v) is 4.73. The summed E-state index contributed by atoms with van der Waals surface area (Å²) in [6.07, 6.45) is 0. The number of nitrogens with two attached hydrogens (primary N) is 1. The second-order valence-electron chi connectivity index (χ2n) is 6.52. The molecule has 0 fully saturated rings. The SMILES string of the molecule is Cc1cc(S(=O)(=O)NCC(C)(C)CN(C)C)ccc1CN. The first-order valence-corrected chi connectivity index (χ1v) is 8.50. The summed E-state index contributed by atoms with van der Waals surface area (Å²) in [5.74, 6) is 0. The van der Waals surface area contributed by atoms with Crippen molar-refractivity contribution in [3.05, 3.63) is 29.3 Å². The molecule has 0 bridgehead atoms. The quantitative estimate of drug-likeness (QED) is 0.796. The summed E-state index contributed by atoms with van der Waals surface area (Å²) in [6.45, 7) is 7.56. The van der Waals surface area contributed by atoms with Gasteiger partial charge in [-0.3, -0.25) is 0 Å². The van der Waals surface area contributed by atoms with Gasteiger partial charge in [-0.05, 0) is 49.7 Å². The lowest BCUT2D eigenvalue weighted by Gasteiger charge is -2.28. The van der Waals surface area contributed by atoms with Crippen molar-refractivity contribution in [2.75, 3.05) is 27.2 Å². The van der Waals surface area contributed by atoms with E-state index in [9.17, 15) is 8.42 Å². The van der Waals surface area contributed by atoms with Crippen LogP contribution in [-0.2, 0) is 16.6 Å². The van der Waals surface area contributed by atoms with Crippen molar-refractivity contribution in [1.82, 2.24) is 9.62 Å². The molecular weight excluding hydrogens is 286 g/mol. The number of nitrogens with zero attached hydrogens (tertiary/aromatic N) is 1. The fourth-order valence-corrected chi connectivity index (χ4v) is 3.68. The summed E-state index contributed by atoms with van der Waals surface area (Å²) >= 11 is 0. The molecule has 1 rings (SSSR count). The Morgan fingerprint density at radius 3 is 2.38 bits per heavy atom. The van der Waals surface area contributed by atoms with Gasteiger partial charge in [0.1, 0.15) is 0 Å². The van der Waals surface area contributed by atoms with Gasteiger partial charge < -0.3 is 10.6 Å². The summed E-state index contributed by atoms with van der Waals surface area (Å²) in [4.78, 5) is 2.34. The Morgan fingerprint density at radius 1 is 1.29 bits per heavy atom. The van der Waals surface area contributed by atoms with Crippen molar-refractivity contribution in [3.63, 3.8) is 0 Å². The van der Waals surface area contributed by atoms with E-state index in [-0.39, 0.29) is 10.3 Å². The highest BCUT2D eigenvalue weighted by atomic mass is 32.2. The molecule has 0 saturated heterocycles. The molecule has 0 aliphatic heterocycles. The predicted octanol–water partition coefficient (Wildman–Crippen LogP) is 1.32. The summed E-state index contributed by atoms with van der Waals surface area (Å²) < 4.78 is 27.4. The number of sulfonamides is 1. The molecule has 1 aromatic rings. The first kappa shape index (κ1) is 18.1. The summed E-state index contributed by atoms with van der Waals surface area (Å²) in [7, 11) is 0.469. The zero-order valence-electron chi connectivity index (χ0n) is 13.6. The largest absolute Gasteiger partial charge is 0.326 e. The van der Waals surface area contributed by atoms with Gasteiger partial charge in [0.25, 0.3) is 0 Å². The number of rotatable bonds is 7. The highest BCUT2D eigenvalue weighted by molar-refractivity contribution is 7.89. The Balaban J connectivity index is 2.85. The molecule has 6 heteroatoms. The minimum Gasteiger partial charge on any atom is -0.326 e. The van der Waals surface area contributed by atoms with E-state index in [1.807, 2.05) is 34.9 Å². The molecule has 0 radical (unpaired) electrons. The van der Waals surface area contributed by atoms with Crippen LogP contribution in [0, 0.1) is 12.3 Å². The fourth-order valence-electron chi connectivity index (χ4n) is 2.35. The average Bonchev–Trinajstić information content (AvgIpc) is 2.35. The van der Waals surface area contributed by atoms with Crippen molar-refractivity contribution < 1.29 is 8.42 Å². The Labute approximate surface area is 128 Å². The first-order valence-electron chi connectivity index (χ1n) is 7.01. The molecule has 120 valence electrons. The summed E-state index contributed by atoms with van der Waals surface area (Å²) in [5.41, 5.74) is 7.32. The highest BCUT2D eigenvalue weighted by Crippen LogP contribution is 2.18. The monoisotopic (exact) mass is 313 g/mol. The molecule has 0 spiro atoms. The maximum atomic E-state index is 12.4. The van der Waals surface area contributed by atoms with E-state index < -0.39 is 10.0 Å². The van der Waals surface area contributed by atoms with Crippen LogP contribution in [-0.4, -0.2) is 40.5 Å². The first-order chi connectivity index (χ1) is 9.57. The van der Waals surface area contributed by atoms with Crippen LogP contribution in [0.3, 0.4) is 0 Å². The Bertz CT molecular complexity index is 581. The van der Waals surface area contributed by atoms with E-state index in [0.29, 0.717) is 13.1 Å². The van der Waals surface area contributed by atoms with E-state index in [4.69, 9.17) is 5.73 Å². The zero-order chi connectivity index (χ0) is 16.3. The van der Waals surface area contributed by atoms with E-state index >= 15 is 0 Å². The fraction of sp³-hybridized carbons (Fsp3) is 0.600. The number of aryl methyl sites for hydroxylation is 1. The van der Waals surface area contributed by atoms with Crippen molar-refractivity contribution >= 4 is 10.0 Å². The van der Waals surface area contributed by atoms with Crippen LogP contribution in [0.5, 0.6) is 0 Å². The van der Waals surface area contributed by atoms with Crippen LogP contribution in [0.4, 0.5) is 0 Å². The molecule has 0 aliphatic carbocycles. The standard InChI is InChI=1S/C15H27N3O2S/c1-12-8-14(7-6-13(12)9-16)21(19,20)17-10-15(2,3)11-18(4)5/h6-8,17H,9-11,16H2,1-5H3. The third-order valence-electron chi connectivity index (χ3n) is 3.33. The van der Waals surface area contributed by atoms with Crippen molar-refractivity contribution in [1.29, 1.82) is 0 Å². The van der Waals surface area contributed by atoms with Crippen LogP contribution < -0.4 is 10.5 Å². The summed E-state index contributed by atoms with van der Waals surface area (Å²) in [5, 5.41) is 0. The Morgan fingerprint density at radius 2 is 1.90 bits per heavy atom. The predicted molar refractivity (Wildman–Crippen MR) is 86.6 cm³/mol. The molecule has 0 saturated carbocycles. The molecule has 0 heterocycles. The van der Waals surface area contributed by atoms with Crippen molar-refractivity contribution in [2.45, 2.75) is 32.2 Å². The second kappa shape index (κ2) is 6.87. The van der Waals surface area contributed by atoms with E-state index in [1.165, 1.54) is 0 Å². The van der Waals surface area contributed by atoms with Crippen molar-refractivity contribution in [2.24, 2.45) is 11.1 Å². The van der Waals surface area contributed by atoms with Crippen molar-refractivity contribution in [3.8, 4) is 0 Å². The molecule has 0 unspecified atom stereocenters. The maximum Gasteiger partial charge on any atom is 0.240 e. The second-order valence-corrected chi connectivity index (χ2v) is 8.29. The maximum absolute atomic E-state index is 12.4. The van der Waals surface area contributed by atoms with Gasteiger partial charge in [0, 0.05) is 19.6 Å². The number of hydrogen-bond donors (Lipinski definition) is 2. The van der Waals surface area contributed by atoms with Gasteiger partial charge in [-0.1, -0.05) is 19.9 Å². The topological polar surface area (TPSA) is 75.4 Å².